The van der Waals surface area contributed by atoms with E-state index in [1.54, 1.807) is 14.2 Å². The number of carbonyl (C=O) groups is 1. The molecule has 2 aromatic rings. The topological polar surface area (TPSA) is 57.7 Å². The Labute approximate surface area is 159 Å². The average molecular weight is 367 g/mol. The summed E-state index contributed by atoms with van der Waals surface area (Å²) in [4.78, 5) is 16.6. The van der Waals surface area contributed by atoms with Gasteiger partial charge in [-0.2, -0.15) is 0 Å². The van der Waals surface area contributed by atoms with Crippen molar-refractivity contribution in [2.24, 2.45) is 11.3 Å². The van der Waals surface area contributed by atoms with E-state index in [0.717, 1.165) is 36.6 Å². The molecule has 0 bridgehead atoms. The van der Waals surface area contributed by atoms with E-state index in [4.69, 9.17) is 14.2 Å². The summed E-state index contributed by atoms with van der Waals surface area (Å²) >= 11 is 0. The van der Waals surface area contributed by atoms with E-state index in [2.05, 4.69) is 17.1 Å². The van der Waals surface area contributed by atoms with Crippen LogP contribution in [0.1, 0.15) is 38.2 Å². The Morgan fingerprint density at radius 3 is 2.70 bits per heavy atom. The first-order chi connectivity index (χ1) is 13.1. The Kier molecular flexibility index (Phi) is 4.54. The van der Waals surface area contributed by atoms with Gasteiger partial charge in [-0.1, -0.05) is 6.08 Å². The van der Waals surface area contributed by atoms with E-state index in [1.807, 2.05) is 25.3 Å². The SMILES string of the molecule is CCOC(=O)C1CC12CC=C(c1ccnc3cc(OC)c(OC)cc13)CC2. The lowest BCUT2D eigenvalue weighted by Gasteiger charge is -2.23. The molecule has 0 saturated heterocycles. The fourth-order valence-electron chi connectivity index (χ4n) is 4.34. The monoisotopic (exact) mass is 367 g/mol. The lowest BCUT2D eigenvalue weighted by atomic mass is 9.82. The van der Waals surface area contributed by atoms with Gasteiger partial charge in [0.1, 0.15) is 0 Å². The molecule has 5 heteroatoms. The number of carbonyl (C=O) groups excluding carboxylic acids is 1. The zero-order valence-electron chi connectivity index (χ0n) is 16.1. The number of benzene rings is 1. The van der Waals surface area contributed by atoms with Crippen molar-refractivity contribution in [2.75, 3.05) is 20.8 Å². The van der Waals surface area contributed by atoms with Crippen molar-refractivity contribution in [1.82, 2.24) is 4.98 Å². The van der Waals surface area contributed by atoms with Gasteiger partial charge in [0.15, 0.2) is 11.5 Å². The summed E-state index contributed by atoms with van der Waals surface area (Å²) in [7, 11) is 3.28. The summed E-state index contributed by atoms with van der Waals surface area (Å²) in [5.41, 5.74) is 3.51. The Bertz CT molecular complexity index is 920. The van der Waals surface area contributed by atoms with Crippen molar-refractivity contribution in [2.45, 2.75) is 32.6 Å². The van der Waals surface area contributed by atoms with Crippen LogP contribution in [0.3, 0.4) is 0 Å². The van der Waals surface area contributed by atoms with Crippen LogP contribution in [0.25, 0.3) is 16.5 Å². The molecule has 1 saturated carbocycles. The van der Waals surface area contributed by atoms with E-state index in [1.165, 1.54) is 11.1 Å². The van der Waals surface area contributed by atoms with Crippen molar-refractivity contribution in [3.05, 3.63) is 36.0 Å². The fourth-order valence-corrected chi connectivity index (χ4v) is 4.34. The van der Waals surface area contributed by atoms with Gasteiger partial charge in [-0.05, 0) is 61.3 Å². The molecule has 0 amide bonds. The largest absolute Gasteiger partial charge is 0.493 e. The molecule has 142 valence electrons. The highest BCUT2D eigenvalue weighted by atomic mass is 16.5. The van der Waals surface area contributed by atoms with E-state index in [0.29, 0.717) is 18.1 Å². The van der Waals surface area contributed by atoms with Gasteiger partial charge >= 0.3 is 5.97 Å². The predicted octanol–water partition coefficient (Wildman–Crippen LogP) is 4.39. The number of methoxy groups -OCH3 is 2. The molecule has 4 rings (SSSR count). The van der Waals surface area contributed by atoms with Crippen LogP contribution in [0.5, 0.6) is 11.5 Å². The summed E-state index contributed by atoms with van der Waals surface area (Å²) in [6.45, 7) is 2.32. The quantitative estimate of drug-likeness (QED) is 0.734. The average Bonchev–Trinajstić information content (AvgIpc) is 3.40. The molecular formula is C22H25NO4. The Morgan fingerprint density at radius 2 is 2.04 bits per heavy atom. The van der Waals surface area contributed by atoms with Crippen LogP contribution in [0.2, 0.25) is 0 Å². The van der Waals surface area contributed by atoms with Crippen LogP contribution in [-0.2, 0) is 9.53 Å². The molecule has 2 aliphatic carbocycles. The number of fused-ring (bicyclic) bond motifs is 1. The molecule has 0 N–H and O–H groups in total. The van der Waals surface area contributed by atoms with Crippen molar-refractivity contribution in [1.29, 1.82) is 0 Å². The molecule has 1 aromatic heterocycles. The van der Waals surface area contributed by atoms with Crippen LogP contribution in [0.4, 0.5) is 0 Å². The van der Waals surface area contributed by atoms with E-state index in [9.17, 15) is 4.79 Å². The van der Waals surface area contributed by atoms with Gasteiger partial charge in [0, 0.05) is 17.6 Å². The molecule has 27 heavy (non-hydrogen) atoms. The van der Waals surface area contributed by atoms with Crippen LogP contribution < -0.4 is 9.47 Å². The first kappa shape index (κ1) is 17.8. The molecule has 2 atom stereocenters. The number of hydrogen-bond donors (Lipinski definition) is 0. The maximum absolute atomic E-state index is 12.1. The number of ether oxygens (including phenoxy) is 3. The van der Waals surface area contributed by atoms with Crippen molar-refractivity contribution >= 4 is 22.4 Å². The maximum atomic E-state index is 12.1. The number of allylic oxidation sites excluding steroid dienone is 2. The second-order valence-electron chi connectivity index (χ2n) is 7.39. The lowest BCUT2D eigenvalue weighted by Crippen LogP contribution is -2.16. The fraction of sp³-hybridized carbons (Fsp3) is 0.455. The molecule has 0 radical (unpaired) electrons. The highest BCUT2D eigenvalue weighted by Crippen LogP contribution is 2.62. The van der Waals surface area contributed by atoms with Crippen LogP contribution in [0, 0.1) is 11.3 Å². The molecule has 2 unspecified atom stereocenters. The third-order valence-electron chi connectivity index (χ3n) is 6.00. The number of esters is 1. The minimum atomic E-state index is -0.0273. The number of pyridine rings is 1. The highest BCUT2D eigenvalue weighted by Gasteiger charge is 2.58. The van der Waals surface area contributed by atoms with Gasteiger partial charge in [0.05, 0.1) is 32.3 Å². The molecule has 1 fully saturated rings. The van der Waals surface area contributed by atoms with Gasteiger partial charge in [-0.25, -0.2) is 0 Å². The second kappa shape index (κ2) is 6.87. The first-order valence-corrected chi connectivity index (χ1v) is 9.48. The summed E-state index contributed by atoms with van der Waals surface area (Å²) < 4.78 is 16.1. The number of nitrogens with zero attached hydrogens (tertiary/aromatic N) is 1. The van der Waals surface area contributed by atoms with Crippen molar-refractivity contribution < 1.29 is 19.0 Å². The van der Waals surface area contributed by atoms with Crippen LogP contribution in [-0.4, -0.2) is 31.8 Å². The van der Waals surface area contributed by atoms with Gasteiger partial charge in [0.2, 0.25) is 0 Å². The summed E-state index contributed by atoms with van der Waals surface area (Å²) in [6.07, 6.45) is 8.02. The molecule has 1 aromatic carbocycles. The van der Waals surface area contributed by atoms with Gasteiger partial charge in [0.25, 0.3) is 0 Å². The highest BCUT2D eigenvalue weighted by molar-refractivity contribution is 5.94. The van der Waals surface area contributed by atoms with E-state index in [-0.39, 0.29) is 17.3 Å². The minimum Gasteiger partial charge on any atom is -0.493 e. The third kappa shape index (κ3) is 3.05. The normalized spacial score (nSPS) is 23.8. The van der Waals surface area contributed by atoms with Gasteiger partial charge in [-0.15, -0.1) is 0 Å². The van der Waals surface area contributed by atoms with Gasteiger partial charge in [-0.3, -0.25) is 9.78 Å². The predicted molar refractivity (Wildman–Crippen MR) is 104 cm³/mol. The van der Waals surface area contributed by atoms with Crippen LogP contribution >= 0.6 is 0 Å². The Balaban J connectivity index is 1.63. The zero-order valence-corrected chi connectivity index (χ0v) is 16.1. The number of hydrogen-bond acceptors (Lipinski definition) is 5. The molecule has 1 heterocycles. The second-order valence-corrected chi connectivity index (χ2v) is 7.39. The summed E-state index contributed by atoms with van der Waals surface area (Å²) in [5.74, 6) is 1.44. The third-order valence-corrected chi connectivity index (χ3v) is 6.00. The minimum absolute atomic E-state index is 0.0273. The Morgan fingerprint density at radius 1 is 1.26 bits per heavy atom. The molecular weight excluding hydrogens is 342 g/mol. The standard InChI is InChI=1S/C22H25NO4/c1-4-27-21(24)17-13-22(17)8-5-14(6-9-22)15-7-10-23-18-12-20(26-3)19(25-2)11-16(15)18/h5,7,10-12,17H,4,6,8-9,13H2,1-3H3. The molecule has 5 nitrogen and oxygen atoms in total. The van der Waals surface area contributed by atoms with Crippen molar-refractivity contribution in [3.8, 4) is 11.5 Å². The summed E-state index contributed by atoms with van der Waals surface area (Å²) in [6, 6.07) is 5.98. The molecule has 0 aliphatic heterocycles. The van der Waals surface area contributed by atoms with Crippen LogP contribution in [0.15, 0.2) is 30.5 Å². The van der Waals surface area contributed by atoms with E-state index < -0.39 is 0 Å². The maximum Gasteiger partial charge on any atom is 0.309 e. The van der Waals surface area contributed by atoms with Gasteiger partial charge < -0.3 is 14.2 Å². The molecule has 1 spiro atoms. The number of aromatic nitrogens is 1. The zero-order chi connectivity index (χ0) is 19.0. The first-order valence-electron chi connectivity index (χ1n) is 9.48. The van der Waals surface area contributed by atoms with E-state index >= 15 is 0 Å². The smallest absolute Gasteiger partial charge is 0.309 e. The molecule has 2 aliphatic rings. The number of rotatable bonds is 5. The Hall–Kier alpha value is -2.56. The lowest BCUT2D eigenvalue weighted by molar-refractivity contribution is -0.145. The summed E-state index contributed by atoms with van der Waals surface area (Å²) in [5, 5.41) is 1.06. The van der Waals surface area contributed by atoms with Crippen molar-refractivity contribution in [3.63, 3.8) is 0 Å².